The second-order valence-corrected chi connectivity index (χ2v) is 5.46. The Morgan fingerprint density at radius 2 is 1.91 bits per heavy atom. The minimum absolute atomic E-state index is 0. The molecule has 1 atom stereocenters. The van der Waals surface area contributed by atoms with Crippen LogP contribution in [0.2, 0.25) is 5.02 Å². The quantitative estimate of drug-likeness (QED) is 0.867. The molecule has 0 bridgehead atoms. The normalized spacial score (nSPS) is 17.9. The summed E-state index contributed by atoms with van der Waals surface area (Å²) < 4.78 is 38.9. The van der Waals surface area contributed by atoms with Gasteiger partial charge in [0.15, 0.2) is 0 Å². The van der Waals surface area contributed by atoms with Gasteiger partial charge in [-0.1, -0.05) is 17.7 Å². The Kier molecular flexibility index (Phi) is 7.41. The van der Waals surface area contributed by atoms with E-state index in [1.807, 2.05) is 0 Å². The van der Waals surface area contributed by atoms with Crippen LogP contribution in [0, 0.1) is 0 Å². The van der Waals surface area contributed by atoms with E-state index in [1.54, 1.807) is 6.07 Å². The zero-order valence-electron chi connectivity index (χ0n) is 11.9. The lowest BCUT2D eigenvalue weighted by Gasteiger charge is -2.35. The topological polar surface area (TPSA) is 35.5 Å². The minimum Gasteiger partial charge on any atom is -0.396 e. The Morgan fingerprint density at radius 3 is 2.45 bits per heavy atom. The Labute approximate surface area is 138 Å². The summed E-state index contributed by atoms with van der Waals surface area (Å²) in [6.45, 7) is 3.01. The van der Waals surface area contributed by atoms with Crippen LogP contribution >= 0.6 is 24.0 Å². The molecule has 1 aromatic carbocycles. The molecule has 1 fully saturated rings. The van der Waals surface area contributed by atoms with Crippen LogP contribution in [-0.4, -0.2) is 42.8 Å². The van der Waals surface area contributed by atoms with Crippen molar-refractivity contribution < 1.29 is 18.3 Å². The third kappa shape index (κ3) is 4.73. The smallest absolute Gasteiger partial charge is 0.396 e. The molecule has 0 aromatic heterocycles. The summed E-state index contributed by atoms with van der Waals surface area (Å²) in [5, 5.41) is 12.1. The maximum absolute atomic E-state index is 13.0. The highest BCUT2D eigenvalue weighted by Crippen LogP contribution is 2.37. The van der Waals surface area contributed by atoms with E-state index >= 15 is 0 Å². The van der Waals surface area contributed by atoms with Crippen molar-refractivity contribution >= 4 is 24.0 Å². The van der Waals surface area contributed by atoms with Gasteiger partial charge in [0.2, 0.25) is 0 Å². The predicted molar refractivity (Wildman–Crippen MR) is 82.6 cm³/mol. The number of aliphatic hydroxyl groups is 1. The average molecular weight is 359 g/mol. The lowest BCUT2D eigenvalue weighted by Crippen LogP contribution is -2.45. The van der Waals surface area contributed by atoms with Crippen molar-refractivity contribution in [2.45, 2.75) is 18.6 Å². The van der Waals surface area contributed by atoms with E-state index in [0.29, 0.717) is 12.0 Å². The summed E-state index contributed by atoms with van der Waals surface area (Å²) in [6, 6.07) is 3.77. The Bertz CT molecular complexity index is 480. The molecule has 1 heterocycles. The Hall–Kier alpha value is -0.530. The number of nitrogens with one attached hydrogen (secondary N) is 1. The summed E-state index contributed by atoms with van der Waals surface area (Å²) in [4.78, 5) is 2.09. The maximum atomic E-state index is 13.0. The van der Waals surface area contributed by atoms with Crippen molar-refractivity contribution in [2.75, 3.05) is 32.8 Å². The Morgan fingerprint density at radius 1 is 1.27 bits per heavy atom. The van der Waals surface area contributed by atoms with E-state index in [2.05, 4.69) is 10.2 Å². The van der Waals surface area contributed by atoms with Gasteiger partial charge in [-0.05, 0) is 24.1 Å². The summed E-state index contributed by atoms with van der Waals surface area (Å²) in [5.41, 5.74) is -0.276. The highest BCUT2D eigenvalue weighted by molar-refractivity contribution is 6.31. The zero-order chi connectivity index (χ0) is 15.5. The largest absolute Gasteiger partial charge is 0.417 e. The van der Waals surface area contributed by atoms with Gasteiger partial charge < -0.3 is 10.4 Å². The van der Waals surface area contributed by atoms with Gasteiger partial charge in [0.1, 0.15) is 0 Å². The molecule has 2 N–H and O–H groups in total. The second kappa shape index (κ2) is 8.36. The first kappa shape index (κ1) is 19.5. The van der Waals surface area contributed by atoms with Crippen LogP contribution in [0.3, 0.4) is 0 Å². The number of hydrogen-bond acceptors (Lipinski definition) is 3. The van der Waals surface area contributed by atoms with Crippen molar-refractivity contribution in [1.29, 1.82) is 0 Å². The van der Waals surface area contributed by atoms with Gasteiger partial charge in [0.25, 0.3) is 0 Å². The zero-order valence-corrected chi connectivity index (χ0v) is 13.4. The maximum Gasteiger partial charge on any atom is 0.417 e. The van der Waals surface area contributed by atoms with Crippen molar-refractivity contribution in [3.05, 3.63) is 34.3 Å². The minimum atomic E-state index is -4.47. The summed E-state index contributed by atoms with van der Waals surface area (Å²) in [5.74, 6) is 0. The molecular weight excluding hydrogens is 340 g/mol. The lowest BCUT2D eigenvalue weighted by atomic mass is 9.99. The molecule has 2 rings (SSSR count). The van der Waals surface area contributed by atoms with Gasteiger partial charge in [-0.15, -0.1) is 12.4 Å². The molecule has 0 aliphatic carbocycles. The number of piperazine rings is 1. The molecule has 3 nitrogen and oxygen atoms in total. The molecule has 1 aliphatic heterocycles. The standard InChI is InChI=1S/C14H18ClF3N2O.ClH/c15-12-2-1-10(9-11(12)14(16,17)18)13(3-8-21)20-6-4-19-5-7-20;/h1-2,9,13,19,21H,3-8H2;1H/t13-;/m0./s1. The molecule has 1 aromatic rings. The van der Waals surface area contributed by atoms with Gasteiger partial charge in [-0.2, -0.15) is 13.2 Å². The third-order valence-electron chi connectivity index (χ3n) is 3.68. The van der Waals surface area contributed by atoms with Gasteiger partial charge in [-0.25, -0.2) is 0 Å². The van der Waals surface area contributed by atoms with Crippen LogP contribution in [0.15, 0.2) is 18.2 Å². The molecule has 22 heavy (non-hydrogen) atoms. The number of nitrogens with zero attached hydrogens (tertiary/aromatic N) is 1. The lowest BCUT2D eigenvalue weighted by molar-refractivity contribution is -0.137. The number of rotatable bonds is 4. The first-order valence-electron chi connectivity index (χ1n) is 6.85. The number of benzene rings is 1. The number of hydrogen-bond donors (Lipinski definition) is 2. The molecule has 0 saturated carbocycles. The van der Waals surface area contributed by atoms with Crippen LogP contribution in [-0.2, 0) is 6.18 Å². The fourth-order valence-corrected chi connectivity index (χ4v) is 2.87. The van der Waals surface area contributed by atoms with Gasteiger partial charge in [0, 0.05) is 38.8 Å². The van der Waals surface area contributed by atoms with E-state index in [0.717, 1.165) is 32.2 Å². The molecule has 8 heteroatoms. The highest BCUT2D eigenvalue weighted by Gasteiger charge is 2.34. The summed E-state index contributed by atoms with van der Waals surface area (Å²) >= 11 is 5.66. The Balaban J connectivity index is 0.00000242. The van der Waals surface area contributed by atoms with Crippen LogP contribution in [0.4, 0.5) is 13.2 Å². The summed E-state index contributed by atoms with van der Waals surface area (Å²) in [6.07, 6.45) is -4.07. The molecular formula is C14H19Cl2F3N2O. The van der Waals surface area contributed by atoms with E-state index in [1.165, 1.54) is 6.07 Å². The fourth-order valence-electron chi connectivity index (χ4n) is 2.64. The first-order chi connectivity index (χ1) is 9.93. The number of halogens is 5. The van der Waals surface area contributed by atoms with Crippen LogP contribution in [0.5, 0.6) is 0 Å². The molecule has 1 saturated heterocycles. The van der Waals surface area contributed by atoms with E-state index in [9.17, 15) is 18.3 Å². The number of alkyl halides is 3. The van der Waals surface area contributed by atoms with E-state index < -0.39 is 11.7 Å². The van der Waals surface area contributed by atoms with Crippen molar-refractivity contribution in [3.63, 3.8) is 0 Å². The van der Waals surface area contributed by atoms with Gasteiger partial charge in [0.05, 0.1) is 10.6 Å². The molecule has 0 radical (unpaired) electrons. The monoisotopic (exact) mass is 358 g/mol. The van der Waals surface area contributed by atoms with Crippen molar-refractivity contribution in [1.82, 2.24) is 10.2 Å². The summed E-state index contributed by atoms with van der Waals surface area (Å²) in [7, 11) is 0. The van der Waals surface area contributed by atoms with Crippen molar-refractivity contribution in [2.24, 2.45) is 0 Å². The van der Waals surface area contributed by atoms with Gasteiger partial charge >= 0.3 is 6.18 Å². The average Bonchev–Trinajstić information content (AvgIpc) is 2.45. The first-order valence-corrected chi connectivity index (χ1v) is 7.23. The van der Waals surface area contributed by atoms with Crippen molar-refractivity contribution in [3.8, 4) is 0 Å². The van der Waals surface area contributed by atoms with Crippen LogP contribution < -0.4 is 5.32 Å². The second-order valence-electron chi connectivity index (χ2n) is 5.05. The fraction of sp³-hybridized carbons (Fsp3) is 0.571. The third-order valence-corrected chi connectivity index (χ3v) is 4.01. The van der Waals surface area contributed by atoms with Gasteiger partial charge in [-0.3, -0.25) is 4.90 Å². The van der Waals surface area contributed by atoms with Crippen LogP contribution in [0.1, 0.15) is 23.6 Å². The molecule has 0 unspecified atom stereocenters. The van der Waals surface area contributed by atoms with E-state index in [4.69, 9.17) is 11.6 Å². The molecule has 0 spiro atoms. The predicted octanol–water partition coefficient (Wildman–Crippen LogP) is 3.11. The number of aliphatic hydroxyl groups excluding tert-OH is 1. The molecule has 1 aliphatic rings. The van der Waals surface area contributed by atoms with Crippen LogP contribution in [0.25, 0.3) is 0 Å². The molecule has 0 amide bonds. The molecule has 126 valence electrons. The van der Waals surface area contributed by atoms with E-state index in [-0.39, 0.29) is 30.1 Å². The highest BCUT2D eigenvalue weighted by atomic mass is 35.5. The SMILES string of the molecule is Cl.OCC[C@@H](c1ccc(Cl)c(C(F)(F)F)c1)N1CCNCC1.